The first kappa shape index (κ1) is 14.2. The third kappa shape index (κ3) is 3.11. The van der Waals surface area contributed by atoms with Crippen molar-refractivity contribution in [3.05, 3.63) is 0 Å². The fourth-order valence-electron chi connectivity index (χ4n) is 3.20. The van der Waals surface area contributed by atoms with Gasteiger partial charge in [0.25, 0.3) is 0 Å². The molecule has 1 aliphatic carbocycles. The highest BCUT2D eigenvalue weighted by atomic mass is 16.4. The Labute approximate surface area is 123 Å². The standard InChI is InChI=1S/C14H21N3O4/c18-12-6-10(8-17(12)11-3-4-11)15-14(21)16-5-1-2-9(7-16)13(19)20/h9-11H,1-8H2,(H,15,21)(H,19,20). The second-order valence-electron chi connectivity index (χ2n) is 6.25. The number of hydrogen-bond donors (Lipinski definition) is 2. The molecule has 2 unspecified atom stereocenters. The highest BCUT2D eigenvalue weighted by Crippen LogP contribution is 2.30. The monoisotopic (exact) mass is 295 g/mol. The van der Waals surface area contributed by atoms with Crippen molar-refractivity contribution in [3.8, 4) is 0 Å². The molecule has 2 saturated heterocycles. The van der Waals surface area contributed by atoms with Crippen LogP contribution in [0.2, 0.25) is 0 Å². The summed E-state index contributed by atoms with van der Waals surface area (Å²) in [5.74, 6) is -1.20. The molecule has 116 valence electrons. The number of aliphatic carboxylic acids is 1. The van der Waals surface area contributed by atoms with E-state index in [1.807, 2.05) is 4.90 Å². The Morgan fingerprint density at radius 3 is 2.62 bits per heavy atom. The minimum atomic E-state index is -0.844. The number of carboxylic acid groups (broad SMARTS) is 1. The molecule has 3 rings (SSSR count). The molecule has 7 nitrogen and oxygen atoms in total. The number of rotatable bonds is 3. The summed E-state index contributed by atoms with van der Waals surface area (Å²) >= 11 is 0. The number of urea groups is 1. The predicted octanol–water partition coefficient (Wildman–Crippen LogP) is 0.256. The first-order valence-electron chi connectivity index (χ1n) is 7.62. The van der Waals surface area contributed by atoms with Crippen molar-refractivity contribution in [2.75, 3.05) is 19.6 Å². The van der Waals surface area contributed by atoms with Gasteiger partial charge in [-0.25, -0.2) is 4.79 Å². The Balaban J connectivity index is 1.52. The molecule has 2 aliphatic heterocycles. The minimum Gasteiger partial charge on any atom is -0.481 e. The van der Waals surface area contributed by atoms with Gasteiger partial charge >= 0.3 is 12.0 Å². The maximum atomic E-state index is 12.2. The zero-order valence-electron chi connectivity index (χ0n) is 12.0. The van der Waals surface area contributed by atoms with E-state index in [9.17, 15) is 14.4 Å². The fraction of sp³-hybridized carbons (Fsp3) is 0.786. The summed E-state index contributed by atoms with van der Waals surface area (Å²) in [6.45, 7) is 1.43. The average Bonchev–Trinajstić information content (AvgIpc) is 3.23. The van der Waals surface area contributed by atoms with Gasteiger partial charge in [-0.05, 0) is 25.7 Å². The number of carboxylic acids is 1. The van der Waals surface area contributed by atoms with Crippen LogP contribution in [0.3, 0.4) is 0 Å². The van der Waals surface area contributed by atoms with Crippen molar-refractivity contribution in [3.63, 3.8) is 0 Å². The zero-order valence-corrected chi connectivity index (χ0v) is 12.0. The molecular formula is C14H21N3O4. The molecule has 1 saturated carbocycles. The molecule has 3 amide bonds. The van der Waals surface area contributed by atoms with E-state index in [2.05, 4.69) is 5.32 Å². The quantitative estimate of drug-likeness (QED) is 0.781. The summed E-state index contributed by atoms with van der Waals surface area (Å²) in [5.41, 5.74) is 0. The molecule has 7 heteroatoms. The summed E-state index contributed by atoms with van der Waals surface area (Å²) in [5, 5.41) is 11.9. The summed E-state index contributed by atoms with van der Waals surface area (Å²) in [6.07, 6.45) is 3.83. The Morgan fingerprint density at radius 1 is 1.19 bits per heavy atom. The second-order valence-corrected chi connectivity index (χ2v) is 6.25. The molecule has 2 heterocycles. The van der Waals surface area contributed by atoms with Gasteiger partial charge in [-0.1, -0.05) is 0 Å². The van der Waals surface area contributed by atoms with Gasteiger partial charge in [0.15, 0.2) is 0 Å². The molecule has 0 aromatic rings. The Kier molecular flexibility index (Phi) is 3.73. The van der Waals surface area contributed by atoms with Crippen molar-refractivity contribution >= 4 is 17.9 Å². The van der Waals surface area contributed by atoms with Crippen LogP contribution in [0.4, 0.5) is 4.79 Å². The molecule has 0 radical (unpaired) electrons. The van der Waals surface area contributed by atoms with E-state index >= 15 is 0 Å². The van der Waals surface area contributed by atoms with E-state index in [0.717, 1.165) is 12.8 Å². The van der Waals surface area contributed by atoms with Gasteiger partial charge in [0, 0.05) is 32.1 Å². The smallest absolute Gasteiger partial charge is 0.317 e. The van der Waals surface area contributed by atoms with Gasteiger partial charge < -0.3 is 20.2 Å². The third-order valence-corrected chi connectivity index (χ3v) is 4.53. The number of amides is 3. The SMILES string of the molecule is O=C(O)C1CCCN(C(=O)NC2CC(=O)N(C3CC3)C2)C1. The van der Waals surface area contributed by atoms with Crippen molar-refractivity contribution in [2.24, 2.45) is 5.92 Å². The fourth-order valence-corrected chi connectivity index (χ4v) is 3.20. The number of piperidine rings is 1. The summed E-state index contributed by atoms with van der Waals surface area (Å²) < 4.78 is 0. The second kappa shape index (κ2) is 5.54. The maximum Gasteiger partial charge on any atom is 0.317 e. The number of carbonyl (C=O) groups is 3. The number of likely N-dealkylation sites (tertiary alicyclic amines) is 2. The summed E-state index contributed by atoms with van der Waals surface area (Å²) in [4.78, 5) is 38.5. The lowest BCUT2D eigenvalue weighted by Crippen LogP contribution is -2.50. The molecule has 0 aromatic carbocycles. The van der Waals surface area contributed by atoms with Crippen molar-refractivity contribution in [1.29, 1.82) is 0 Å². The molecule has 3 aliphatic rings. The van der Waals surface area contributed by atoms with E-state index in [-0.39, 0.29) is 24.5 Å². The van der Waals surface area contributed by atoms with Crippen LogP contribution >= 0.6 is 0 Å². The van der Waals surface area contributed by atoms with Crippen LogP contribution in [0.1, 0.15) is 32.1 Å². The van der Waals surface area contributed by atoms with Crippen molar-refractivity contribution in [1.82, 2.24) is 15.1 Å². The van der Waals surface area contributed by atoms with Crippen LogP contribution in [0, 0.1) is 5.92 Å². The number of carbonyl (C=O) groups excluding carboxylic acids is 2. The highest BCUT2D eigenvalue weighted by molar-refractivity contribution is 5.82. The molecule has 21 heavy (non-hydrogen) atoms. The summed E-state index contributed by atoms with van der Waals surface area (Å²) in [7, 11) is 0. The molecule has 0 bridgehead atoms. The average molecular weight is 295 g/mol. The molecule has 0 aromatic heterocycles. The van der Waals surface area contributed by atoms with Crippen molar-refractivity contribution < 1.29 is 19.5 Å². The third-order valence-electron chi connectivity index (χ3n) is 4.53. The lowest BCUT2D eigenvalue weighted by Gasteiger charge is -2.31. The summed E-state index contributed by atoms with van der Waals surface area (Å²) in [6, 6.07) is -0.00187. The van der Waals surface area contributed by atoms with Gasteiger partial charge in [-0.3, -0.25) is 9.59 Å². The Hall–Kier alpha value is -1.79. The Morgan fingerprint density at radius 2 is 1.95 bits per heavy atom. The van der Waals surface area contributed by atoms with E-state index in [0.29, 0.717) is 38.4 Å². The van der Waals surface area contributed by atoms with Crippen LogP contribution in [0.5, 0.6) is 0 Å². The van der Waals surface area contributed by atoms with Crippen LogP contribution in [0.15, 0.2) is 0 Å². The largest absolute Gasteiger partial charge is 0.481 e. The lowest BCUT2D eigenvalue weighted by molar-refractivity contribution is -0.143. The molecule has 0 spiro atoms. The molecule has 3 fully saturated rings. The maximum absolute atomic E-state index is 12.2. The zero-order chi connectivity index (χ0) is 15.0. The predicted molar refractivity (Wildman–Crippen MR) is 73.6 cm³/mol. The normalized spacial score (nSPS) is 29.6. The van der Waals surface area contributed by atoms with E-state index in [1.54, 1.807) is 4.90 Å². The van der Waals surface area contributed by atoms with Gasteiger partial charge in [-0.15, -0.1) is 0 Å². The topological polar surface area (TPSA) is 90.0 Å². The van der Waals surface area contributed by atoms with Crippen molar-refractivity contribution in [2.45, 2.75) is 44.2 Å². The Bertz CT molecular complexity index is 463. The van der Waals surface area contributed by atoms with Crippen LogP contribution in [-0.2, 0) is 9.59 Å². The van der Waals surface area contributed by atoms with Gasteiger partial charge in [0.2, 0.25) is 5.91 Å². The first-order chi connectivity index (χ1) is 10.0. The van der Waals surface area contributed by atoms with E-state index in [1.165, 1.54) is 0 Å². The number of nitrogens with one attached hydrogen (secondary N) is 1. The van der Waals surface area contributed by atoms with Crippen LogP contribution < -0.4 is 5.32 Å². The van der Waals surface area contributed by atoms with Gasteiger partial charge in [0.05, 0.1) is 12.0 Å². The van der Waals surface area contributed by atoms with Gasteiger partial charge in [0.1, 0.15) is 0 Å². The highest BCUT2D eigenvalue weighted by Gasteiger charge is 2.40. The lowest BCUT2D eigenvalue weighted by atomic mass is 9.99. The molecular weight excluding hydrogens is 274 g/mol. The first-order valence-corrected chi connectivity index (χ1v) is 7.62. The molecule has 2 N–H and O–H groups in total. The number of hydrogen-bond acceptors (Lipinski definition) is 3. The van der Waals surface area contributed by atoms with Crippen LogP contribution in [0.25, 0.3) is 0 Å². The minimum absolute atomic E-state index is 0.116. The van der Waals surface area contributed by atoms with Crippen LogP contribution in [-0.4, -0.2) is 64.5 Å². The number of nitrogens with zero attached hydrogens (tertiary/aromatic N) is 2. The van der Waals surface area contributed by atoms with E-state index < -0.39 is 11.9 Å². The van der Waals surface area contributed by atoms with Gasteiger partial charge in [-0.2, -0.15) is 0 Å². The van der Waals surface area contributed by atoms with E-state index in [4.69, 9.17) is 5.11 Å². The molecule has 2 atom stereocenters.